The molecule has 0 amide bonds. The van der Waals surface area contributed by atoms with Crippen LogP contribution in [0.5, 0.6) is 0 Å². The van der Waals surface area contributed by atoms with Crippen LogP contribution in [0.2, 0.25) is 0 Å². The number of ether oxygens (including phenoxy) is 3. The Balaban J connectivity index is 2.47. The van der Waals surface area contributed by atoms with Crippen LogP contribution >= 0.6 is 0 Å². The summed E-state index contributed by atoms with van der Waals surface area (Å²) < 4.78 is 15.8. The zero-order valence-corrected chi connectivity index (χ0v) is 15.7. The van der Waals surface area contributed by atoms with E-state index in [0.29, 0.717) is 0 Å². The molecule has 7 heteroatoms. The molecule has 1 aliphatic rings. The summed E-state index contributed by atoms with van der Waals surface area (Å²) in [5.41, 5.74) is -4.32. The van der Waals surface area contributed by atoms with Gasteiger partial charge in [0.05, 0.1) is 14.2 Å². The van der Waals surface area contributed by atoms with Crippen LogP contribution in [0.3, 0.4) is 0 Å². The third-order valence-electron chi connectivity index (χ3n) is 4.71. The molecule has 0 radical (unpaired) electrons. The topological polar surface area (TPSA) is 109 Å². The van der Waals surface area contributed by atoms with Crippen molar-refractivity contribution < 1.29 is 23.8 Å². The van der Waals surface area contributed by atoms with Gasteiger partial charge < -0.3 is 14.2 Å². The second-order valence-corrected chi connectivity index (χ2v) is 6.15. The number of carbonyl (C=O) groups is 2. The van der Waals surface area contributed by atoms with Crippen LogP contribution in [-0.4, -0.2) is 26.2 Å². The summed E-state index contributed by atoms with van der Waals surface area (Å²) in [7, 11) is 2.23. The normalized spacial score (nSPS) is 23.0. The summed E-state index contributed by atoms with van der Waals surface area (Å²) in [4.78, 5) is 25.6. The predicted octanol–water partition coefficient (Wildman–Crippen LogP) is 2.50. The Morgan fingerprint density at radius 2 is 1.10 bits per heavy atom. The molecule has 1 aliphatic heterocycles. The van der Waals surface area contributed by atoms with Crippen LogP contribution in [0.4, 0.5) is 0 Å². The van der Waals surface area contributed by atoms with E-state index in [4.69, 9.17) is 14.2 Å². The molecule has 0 N–H and O–H groups in total. The number of hydrogen-bond acceptors (Lipinski definition) is 7. The molecule has 0 spiro atoms. The molecule has 0 unspecified atom stereocenters. The lowest BCUT2D eigenvalue weighted by Gasteiger charge is -2.29. The molecular formula is C22H16N2O5. The maximum Gasteiger partial charge on any atom is 0.338 e. The minimum absolute atomic E-state index is 0.275. The van der Waals surface area contributed by atoms with Crippen LogP contribution in [0.1, 0.15) is 11.1 Å². The van der Waals surface area contributed by atoms with E-state index >= 15 is 0 Å². The quantitative estimate of drug-likeness (QED) is 0.740. The second kappa shape index (κ2) is 7.59. The van der Waals surface area contributed by atoms with Gasteiger partial charge in [0.1, 0.15) is 23.3 Å². The first-order valence-electron chi connectivity index (χ1n) is 8.56. The minimum atomic E-state index is -2.05. The molecule has 144 valence electrons. The Morgan fingerprint density at radius 1 is 0.759 bits per heavy atom. The van der Waals surface area contributed by atoms with Gasteiger partial charge in [0.15, 0.2) is 0 Å². The van der Waals surface area contributed by atoms with Crippen molar-refractivity contribution in [3.05, 3.63) is 82.9 Å². The molecule has 0 aliphatic carbocycles. The number of methoxy groups -OCH3 is 2. The minimum Gasteiger partial charge on any atom is -0.466 e. The summed E-state index contributed by atoms with van der Waals surface area (Å²) in [6.45, 7) is 0. The molecular weight excluding hydrogens is 372 g/mol. The first-order valence-corrected chi connectivity index (χ1v) is 8.56. The third-order valence-corrected chi connectivity index (χ3v) is 4.71. The standard InChI is InChI=1S/C22H16N2O5/c1-27-19(25)17-18(20(26)28-2)22(14-24,16-11-7-4-8-12-16)29-21(17,13-23)15-9-5-3-6-10-15/h3-12H,1-2H3/t21-,22-/m0/s1. The van der Waals surface area contributed by atoms with E-state index in [1.54, 1.807) is 60.7 Å². The van der Waals surface area contributed by atoms with Gasteiger partial charge in [-0.3, -0.25) is 0 Å². The Hall–Kier alpha value is -3.94. The predicted molar refractivity (Wildman–Crippen MR) is 99.6 cm³/mol. The van der Waals surface area contributed by atoms with Gasteiger partial charge in [0.2, 0.25) is 11.2 Å². The van der Waals surface area contributed by atoms with Gasteiger partial charge >= 0.3 is 11.9 Å². The van der Waals surface area contributed by atoms with Gasteiger partial charge in [-0.15, -0.1) is 0 Å². The fourth-order valence-electron chi connectivity index (χ4n) is 3.42. The molecule has 0 fully saturated rings. The summed E-state index contributed by atoms with van der Waals surface area (Å²) in [5, 5.41) is 20.3. The number of carbonyl (C=O) groups excluding carboxylic acids is 2. The molecule has 3 rings (SSSR count). The molecule has 0 bridgehead atoms. The van der Waals surface area contributed by atoms with E-state index in [1.165, 1.54) is 0 Å². The van der Waals surface area contributed by atoms with Gasteiger partial charge in [-0.25, -0.2) is 9.59 Å². The third kappa shape index (κ3) is 2.85. The van der Waals surface area contributed by atoms with E-state index in [2.05, 4.69) is 0 Å². The summed E-state index contributed by atoms with van der Waals surface area (Å²) in [6.07, 6.45) is 0. The van der Waals surface area contributed by atoms with Gasteiger partial charge in [-0.1, -0.05) is 60.7 Å². The van der Waals surface area contributed by atoms with Crippen molar-refractivity contribution in [2.24, 2.45) is 0 Å². The van der Waals surface area contributed by atoms with Gasteiger partial charge in [0, 0.05) is 11.1 Å². The number of nitriles is 2. The van der Waals surface area contributed by atoms with Crippen LogP contribution < -0.4 is 0 Å². The molecule has 1 heterocycles. The first-order chi connectivity index (χ1) is 14.0. The molecule has 29 heavy (non-hydrogen) atoms. The molecule has 0 aromatic heterocycles. The van der Waals surface area contributed by atoms with Crippen molar-refractivity contribution in [3.63, 3.8) is 0 Å². The van der Waals surface area contributed by atoms with E-state index < -0.39 is 23.1 Å². The highest BCUT2D eigenvalue weighted by atomic mass is 16.6. The van der Waals surface area contributed by atoms with E-state index in [9.17, 15) is 20.1 Å². The van der Waals surface area contributed by atoms with E-state index in [-0.39, 0.29) is 22.3 Å². The van der Waals surface area contributed by atoms with Crippen LogP contribution in [-0.2, 0) is 35.0 Å². The lowest BCUT2D eigenvalue weighted by atomic mass is 9.82. The van der Waals surface area contributed by atoms with Crippen molar-refractivity contribution in [1.29, 1.82) is 10.5 Å². The number of benzene rings is 2. The smallest absolute Gasteiger partial charge is 0.338 e. The molecule has 0 saturated carbocycles. The monoisotopic (exact) mass is 388 g/mol. The summed E-state index contributed by atoms with van der Waals surface area (Å²) >= 11 is 0. The van der Waals surface area contributed by atoms with Gasteiger partial charge in [-0.2, -0.15) is 10.5 Å². The molecule has 2 aromatic rings. The molecule has 0 saturated heterocycles. The molecule has 7 nitrogen and oxygen atoms in total. The van der Waals surface area contributed by atoms with Crippen molar-refractivity contribution in [2.75, 3.05) is 14.2 Å². The van der Waals surface area contributed by atoms with Crippen LogP contribution in [0.15, 0.2) is 71.8 Å². The maximum absolute atomic E-state index is 12.8. The zero-order chi connectivity index (χ0) is 21.1. The first kappa shape index (κ1) is 19.8. The SMILES string of the molecule is COC(=O)C1=C(C(=O)OC)[C@](C#N)(c2ccccc2)O[C@@]1(C#N)c1ccccc1. The maximum atomic E-state index is 12.8. The van der Waals surface area contributed by atoms with Gasteiger partial charge in [-0.05, 0) is 0 Å². The zero-order valence-electron chi connectivity index (χ0n) is 15.7. The van der Waals surface area contributed by atoms with Crippen molar-refractivity contribution in [3.8, 4) is 12.1 Å². The number of hydrogen-bond donors (Lipinski definition) is 0. The van der Waals surface area contributed by atoms with E-state index in [1.807, 2.05) is 12.1 Å². The van der Waals surface area contributed by atoms with Crippen molar-refractivity contribution in [2.45, 2.75) is 11.2 Å². The lowest BCUT2D eigenvalue weighted by molar-refractivity contribution is -0.139. The number of esters is 2. The summed E-state index contributed by atoms with van der Waals surface area (Å²) in [6, 6.07) is 20.3. The average Bonchev–Trinajstić information content (AvgIpc) is 3.12. The Kier molecular flexibility index (Phi) is 5.18. The van der Waals surface area contributed by atoms with Crippen molar-refractivity contribution in [1.82, 2.24) is 0 Å². The second-order valence-electron chi connectivity index (χ2n) is 6.15. The van der Waals surface area contributed by atoms with Crippen LogP contribution in [0.25, 0.3) is 0 Å². The summed E-state index contributed by atoms with van der Waals surface area (Å²) in [5.74, 6) is -1.94. The number of nitrogens with zero attached hydrogens (tertiary/aromatic N) is 2. The largest absolute Gasteiger partial charge is 0.466 e. The number of rotatable bonds is 4. The average molecular weight is 388 g/mol. The Bertz CT molecular complexity index is 980. The fourth-order valence-corrected chi connectivity index (χ4v) is 3.42. The van der Waals surface area contributed by atoms with Gasteiger partial charge in [0.25, 0.3) is 0 Å². The highest BCUT2D eigenvalue weighted by Gasteiger charge is 2.63. The lowest BCUT2D eigenvalue weighted by Crippen LogP contribution is -2.36. The highest BCUT2D eigenvalue weighted by molar-refractivity contribution is 6.05. The van der Waals surface area contributed by atoms with E-state index in [0.717, 1.165) is 14.2 Å². The molecule has 2 aromatic carbocycles. The molecule has 2 atom stereocenters. The Labute approximate surface area is 167 Å². The highest BCUT2D eigenvalue weighted by Crippen LogP contribution is 2.53. The van der Waals surface area contributed by atoms with Crippen LogP contribution in [0, 0.1) is 22.7 Å². The van der Waals surface area contributed by atoms with Crippen molar-refractivity contribution >= 4 is 11.9 Å². The Morgan fingerprint density at radius 3 is 1.38 bits per heavy atom. The fraction of sp³-hybridized carbons (Fsp3) is 0.182.